The Balaban J connectivity index is 1.85. The van der Waals surface area contributed by atoms with Crippen LogP contribution in [0.3, 0.4) is 0 Å². The number of carbonyl (C=O) groups is 1. The molecule has 1 saturated carbocycles. The highest BCUT2D eigenvalue weighted by molar-refractivity contribution is 5.66. The Hall–Kier alpha value is -1.42. The molecule has 0 unspecified atom stereocenters. The van der Waals surface area contributed by atoms with Crippen LogP contribution in [0.1, 0.15) is 44.1 Å². The molecule has 0 bridgehead atoms. The molecule has 21 heavy (non-hydrogen) atoms. The Morgan fingerprint density at radius 1 is 1.19 bits per heavy atom. The van der Waals surface area contributed by atoms with Crippen molar-refractivity contribution in [3.63, 3.8) is 0 Å². The average molecular weight is 293 g/mol. The highest BCUT2D eigenvalue weighted by Crippen LogP contribution is 2.24. The molecule has 2 rings (SSSR count). The van der Waals surface area contributed by atoms with Crippen LogP contribution >= 0.6 is 0 Å². The molecule has 0 heterocycles. The third-order valence-electron chi connectivity index (χ3n) is 4.28. The Kier molecular flexibility index (Phi) is 6.18. The number of hydrogen-bond donors (Lipinski definition) is 1. The lowest BCUT2D eigenvalue weighted by molar-refractivity contribution is -0.137. The molecule has 0 aliphatic heterocycles. The topological polar surface area (TPSA) is 40.5 Å². The van der Waals surface area contributed by atoms with Gasteiger partial charge in [-0.05, 0) is 49.9 Å². The minimum Gasteiger partial charge on any atom is -0.481 e. The molecular formula is C17H24FNO2. The number of benzene rings is 1. The van der Waals surface area contributed by atoms with Crippen LogP contribution in [0.2, 0.25) is 0 Å². The van der Waals surface area contributed by atoms with Crippen LogP contribution in [0, 0.1) is 5.82 Å². The van der Waals surface area contributed by atoms with Crippen LogP contribution < -0.4 is 0 Å². The molecule has 1 fully saturated rings. The van der Waals surface area contributed by atoms with E-state index in [4.69, 9.17) is 5.11 Å². The fourth-order valence-electron chi connectivity index (χ4n) is 3.10. The molecule has 0 amide bonds. The van der Waals surface area contributed by atoms with Gasteiger partial charge in [-0.3, -0.25) is 4.79 Å². The zero-order chi connectivity index (χ0) is 15.1. The zero-order valence-electron chi connectivity index (χ0n) is 12.4. The molecule has 0 aromatic heterocycles. The Morgan fingerprint density at radius 3 is 2.48 bits per heavy atom. The summed E-state index contributed by atoms with van der Waals surface area (Å²) in [5.74, 6) is -0.923. The first-order chi connectivity index (χ1) is 10.1. The lowest BCUT2D eigenvalue weighted by Gasteiger charge is -2.28. The maximum absolute atomic E-state index is 12.9. The van der Waals surface area contributed by atoms with Gasteiger partial charge in [0.15, 0.2) is 0 Å². The van der Waals surface area contributed by atoms with Gasteiger partial charge >= 0.3 is 5.97 Å². The van der Waals surface area contributed by atoms with Gasteiger partial charge in [-0.15, -0.1) is 0 Å². The molecule has 116 valence electrons. The molecule has 4 heteroatoms. The number of hydrogen-bond acceptors (Lipinski definition) is 2. The largest absolute Gasteiger partial charge is 0.481 e. The fraction of sp³-hybridized carbons (Fsp3) is 0.588. The highest BCUT2D eigenvalue weighted by Gasteiger charge is 2.22. The fourth-order valence-corrected chi connectivity index (χ4v) is 3.10. The van der Waals surface area contributed by atoms with E-state index in [9.17, 15) is 9.18 Å². The van der Waals surface area contributed by atoms with Crippen molar-refractivity contribution in [3.05, 3.63) is 35.6 Å². The summed E-state index contributed by atoms with van der Waals surface area (Å²) in [6.45, 7) is 1.77. The van der Waals surface area contributed by atoms with Crippen molar-refractivity contribution >= 4 is 5.97 Å². The summed E-state index contributed by atoms with van der Waals surface area (Å²) in [5.41, 5.74) is 1.14. The molecule has 1 aliphatic carbocycles. The number of carboxylic acid groups (broad SMARTS) is 1. The number of rotatable bonds is 8. The molecule has 0 saturated heterocycles. The highest BCUT2D eigenvalue weighted by atomic mass is 19.1. The smallest absolute Gasteiger partial charge is 0.303 e. The van der Waals surface area contributed by atoms with Gasteiger partial charge in [-0.2, -0.15) is 0 Å². The lowest BCUT2D eigenvalue weighted by atomic mass is 10.1. The maximum atomic E-state index is 12.9. The van der Waals surface area contributed by atoms with Crippen LogP contribution in [0.15, 0.2) is 24.3 Å². The summed E-state index contributed by atoms with van der Waals surface area (Å²) in [6.07, 6.45) is 6.82. The van der Waals surface area contributed by atoms with Crippen LogP contribution in [0.4, 0.5) is 4.39 Å². The van der Waals surface area contributed by atoms with Crippen molar-refractivity contribution in [1.82, 2.24) is 4.90 Å². The molecule has 0 atom stereocenters. The summed E-state index contributed by atoms with van der Waals surface area (Å²) < 4.78 is 12.9. The van der Waals surface area contributed by atoms with E-state index in [0.717, 1.165) is 25.1 Å². The van der Waals surface area contributed by atoms with E-state index in [-0.39, 0.29) is 12.2 Å². The average Bonchev–Trinajstić information content (AvgIpc) is 2.98. The Bertz CT molecular complexity index is 441. The van der Waals surface area contributed by atoms with E-state index in [1.807, 2.05) is 12.1 Å². The summed E-state index contributed by atoms with van der Waals surface area (Å²) >= 11 is 0. The molecule has 3 nitrogen and oxygen atoms in total. The molecule has 1 aliphatic rings. The minimum absolute atomic E-state index is 0.201. The van der Waals surface area contributed by atoms with E-state index in [2.05, 4.69) is 4.90 Å². The van der Waals surface area contributed by atoms with Crippen LogP contribution in [-0.2, 0) is 11.2 Å². The van der Waals surface area contributed by atoms with E-state index in [0.29, 0.717) is 12.5 Å². The maximum Gasteiger partial charge on any atom is 0.303 e. The van der Waals surface area contributed by atoms with Gasteiger partial charge in [0.1, 0.15) is 5.82 Å². The quantitative estimate of drug-likeness (QED) is 0.797. The number of halogens is 1. The minimum atomic E-state index is -0.722. The molecule has 1 N–H and O–H groups in total. The van der Waals surface area contributed by atoms with Gasteiger partial charge in [-0.25, -0.2) is 4.39 Å². The number of carboxylic acids is 1. The van der Waals surface area contributed by atoms with Gasteiger partial charge < -0.3 is 10.0 Å². The predicted molar refractivity (Wildman–Crippen MR) is 80.8 cm³/mol. The molecule has 1 aromatic rings. The van der Waals surface area contributed by atoms with Crippen molar-refractivity contribution in [1.29, 1.82) is 0 Å². The standard InChI is InChI=1S/C17H24FNO2/c18-15-9-7-14(8-10-15)11-13-19(12-3-6-17(20)21)16-4-1-2-5-16/h7-10,16H,1-6,11-13H2,(H,20,21). The second kappa shape index (κ2) is 8.13. The third kappa shape index (κ3) is 5.46. The first-order valence-electron chi connectivity index (χ1n) is 7.85. The summed E-state index contributed by atoms with van der Waals surface area (Å²) in [6, 6.07) is 7.26. The van der Waals surface area contributed by atoms with Gasteiger partial charge in [0.25, 0.3) is 0 Å². The van der Waals surface area contributed by atoms with E-state index >= 15 is 0 Å². The van der Waals surface area contributed by atoms with Gasteiger partial charge in [-0.1, -0.05) is 25.0 Å². The second-order valence-corrected chi connectivity index (χ2v) is 5.85. The van der Waals surface area contributed by atoms with E-state index in [1.54, 1.807) is 0 Å². The monoisotopic (exact) mass is 293 g/mol. The van der Waals surface area contributed by atoms with Gasteiger partial charge in [0.2, 0.25) is 0 Å². The SMILES string of the molecule is O=C(O)CCCN(CCc1ccc(F)cc1)C1CCCC1. The summed E-state index contributed by atoms with van der Waals surface area (Å²) in [7, 11) is 0. The normalized spacial score (nSPS) is 15.7. The predicted octanol–water partition coefficient (Wildman–Crippen LogP) is 3.48. The van der Waals surface area contributed by atoms with E-state index < -0.39 is 5.97 Å². The summed E-state index contributed by atoms with van der Waals surface area (Å²) in [4.78, 5) is 13.1. The summed E-state index contributed by atoms with van der Waals surface area (Å²) in [5, 5.41) is 8.77. The van der Waals surface area contributed by atoms with Crippen molar-refractivity contribution in [2.75, 3.05) is 13.1 Å². The van der Waals surface area contributed by atoms with Gasteiger partial charge in [0, 0.05) is 19.0 Å². The lowest BCUT2D eigenvalue weighted by Crippen LogP contribution is -2.36. The number of aliphatic carboxylic acids is 1. The first-order valence-corrected chi connectivity index (χ1v) is 7.85. The van der Waals surface area contributed by atoms with Crippen molar-refractivity contribution in [3.8, 4) is 0 Å². The first kappa shape index (κ1) is 16.0. The Labute approximate surface area is 125 Å². The van der Waals surface area contributed by atoms with Crippen molar-refractivity contribution in [2.24, 2.45) is 0 Å². The molecular weight excluding hydrogens is 269 g/mol. The molecule has 1 aromatic carbocycles. The van der Waals surface area contributed by atoms with Gasteiger partial charge in [0.05, 0.1) is 0 Å². The van der Waals surface area contributed by atoms with Crippen LogP contribution in [0.5, 0.6) is 0 Å². The Morgan fingerprint density at radius 2 is 1.86 bits per heavy atom. The number of nitrogens with zero attached hydrogens (tertiary/aromatic N) is 1. The zero-order valence-corrected chi connectivity index (χ0v) is 12.4. The van der Waals surface area contributed by atoms with Crippen molar-refractivity contribution < 1.29 is 14.3 Å². The van der Waals surface area contributed by atoms with Crippen LogP contribution in [0.25, 0.3) is 0 Å². The van der Waals surface area contributed by atoms with Crippen LogP contribution in [-0.4, -0.2) is 35.1 Å². The molecule has 0 radical (unpaired) electrons. The van der Waals surface area contributed by atoms with Crippen molar-refractivity contribution in [2.45, 2.75) is 51.0 Å². The van der Waals surface area contributed by atoms with E-state index in [1.165, 1.54) is 37.8 Å². The molecule has 0 spiro atoms. The second-order valence-electron chi connectivity index (χ2n) is 5.85. The third-order valence-corrected chi connectivity index (χ3v) is 4.28.